The van der Waals surface area contributed by atoms with E-state index >= 15 is 0 Å². The van der Waals surface area contributed by atoms with Crippen LogP contribution < -0.4 is 4.74 Å². The van der Waals surface area contributed by atoms with Crippen LogP contribution in [-0.2, 0) is 4.74 Å². The number of benzene rings is 2. The summed E-state index contributed by atoms with van der Waals surface area (Å²) in [5, 5.41) is 40.5. The van der Waals surface area contributed by atoms with Gasteiger partial charge in [0.25, 0.3) is 0 Å². The predicted molar refractivity (Wildman–Crippen MR) is 78.3 cm³/mol. The topological polar surface area (TPSA) is 99.4 Å². The van der Waals surface area contributed by atoms with Gasteiger partial charge in [-0.25, -0.2) is 0 Å². The van der Waals surface area contributed by atoms with Gasteiger partial charge in [-0.05, 0) is 11.5 Å². The Kier molecular flexibility index (Phi) is 4.28. The van der Waals surface area contributed by atoms with Gasteiger partial charge in [-0.2, -0.15) is 0 Å². The SMILES string of the molecule is OC[C@H]1O[C@H](Oc2cccc3ccccc23)[C@H](O)[C@@H](O)[C@@H]1O. The first-order chi connectivity index (χ1) is 10.6. The second-order valence-corrected chi connectivity index (χ2v) is 5.29. The van der Waals surface area contributed by atoms with Gasteiger partial charge in [0, 0.05) is 5.39 Å². The van der Waals surface area contributed by atoms with Crippen LogP contribution in [0.15, 0.2) is 42.5 Å². The quantitative estimate of drug-likeness (QED) is 0.638. The zero-order valence-corrected chi connectivity index (χ0v) is 11.7. The van der Waals surface area contributed by atoms with Crippen molar-refractivity contribution in [2.24, 2.45) is 0 Å². The lowest BCUT2D eigenvalue weighted by Crippen LogP contribution is -2.60. The van der Waals surface area contributed by atoms with E-state index in [4.69, 9.17) is 9.47 Å². The Morgan fingerprint density at radius 2 is 1.64 bits per heavy atom. The summed E-state index contributed by atoms with van der Waals surface area (Å²) in [5.74, 6) is 0.488. The highest BCUT2D eigenvalue weighted by molar-refractivity contribution is 5.88. The van der Waals surface area contributed by atoms with Gasteiger partial charge in [-0.15, -0.1) is 0 Å². The number of hydrogen-bond donors (Lipinski definition) is 4. The van der Waals surface area contributed by atoms with Crippen LogP contribution >= 0.6 is 0 Å². The third kappa shape index (κ3) is 2.67. The van der Waals surface area contributed by atoms with Gasteiger partial charge in [0.1, 0.15) is 30.2 Å². The van der Waals surface area contributed by atoms with Crippen molar-refractivity contribution in [3.8, 4) is 5.75 Å². The summed E-state index contributed by atoms with van der Waals surface area (Å²) in [7, 11) is 0. The summed E-state index contributed by atoms with van der Waals surface area (Å²) < 4.78 is 11.0. The fourth-order valence-corrected chi connectivity index (χ4v) is 2.59. The van der Waals surface area contributed by atoms with Crippen molar-refractivity contribution in [2.45, 2.75) is 30.7 Å². The fraction of sp³-hybridized carbons (Fsp3) is 0.375. The Morgan fingerprint density at radius 1 is 0.909 bits per heavy atom. The van der Waals surface area contributed by atoms with E-state index in [0.717, 1.165) is 10.8 Å². The highest BCUT2D eigenvalue weighted by Gasteiger charge is 2.44. The zero-order valence-electron chi connectivity index (χ0n) is 11.7. The van der Waals surface area contributed by atoms with Gasteiger partial charge < -0.3 is 29.9 Å². The van der Waals surface area contributed by atoms with Crippen molar-refractivity contribution >= 4 is 10.8 Å². The Hall–Kier alpha value is -1.70. The van der Waals surface area contributed by atoms with Crippen LogP contribution in [0.25, 0.3) is 10.8 Å². The molecule has 22 heavy (non-hydrogen) atoms. The van der Waals surface area contributed by atoms with Gasteiger partial charge in [0.15, 0.2) is 0 Å². The Bertz CT molecular complexity index is 638. The molecule has 0 aliphatic carbocycles. The van der Waals surface area contributed by atoms with Crippen molar-refractivity contribution in [3.05, 3.63) is 42.5 Å². The van der Waals surface area contributed by atoms with Crippen molar-refractivity contribution in [1.82, 2.24) is 0 Å². The molecule has 0 aromatic heterocycles. The lowest BCUT2D eigenvalue weighted by molar-refractivity contribution is -0.277. The summed E-state index contributed by atoms with van der Waals surface area (Å²) in [5.41, 5.74) is 0. The molecule has 118 valence electrons. The third-order valence-corrected chi connectivity index (χ3v) is 3.84. The average molecular weight is 306 g/mol. The number of rotatable bonds is 3. The van der Waals surface area contributed by atoms with Gasteiger partial charge in [-0.1, -0.05) is 36.4 Å². The van der Waals surface area contributed by atoms with E-state index in [-0.39, 0.29) is 0 Å². The summed E-state index contributed by atoms with van der Waals surface area (Å²) in [4.78, 5) is 0. The number of fused-ring (bicyclic) bond motifs is 1. The molecule has 1 aliphatic rings. The molecular weight excluding hydrogens is 288 g/mol. The smallest absolute Gasteiger partial charge is 0.229 e. The summed E-state index contributed by atoms with van der Waals surface area (Å²) in [6, 6.07) is 13.0. The largest absolute Gasteiger partial charge is 0.461 e. The van der Waals surface area contributed by atoms with E-state index in [1.807, 2.05) is 36.4 Å². The van der Waals surface area contributed by atoms with Crippen molar-refractivity contribution < 1.29 is 29.9 Å². The van der Waals surface area contributed by atoms with E-state index in [2.05, 4.69) is 0 Å². The van der Waals surface area contributed by atoms with E-state index in [0.29, 0.717) is 5.75 Å². The third-order valence-electron chi connectivity index (χ3n) is 3.84. The molecule has 1 fully saturated rings. The van der Waals surface area contributed by atoms with Crippen molar-refractivity contribution in [1.29, 1.82) is 0 Å². The predicted octanol–water partition coefficient (Wildman–Crippen LogP) is 0.0185. The van der Waals surface area contributed by atoms with Gasteiger partial charge in [0.05, 0.1) is 6.61 Å². The van der Waals surface area contributed by atoms with Crippen molar-refractivity contribution in [3.63, 3.8) is 0 Å². The minimum atomic E-state index is -1.45. The Balaban J connectivity index is 1.87. The molecule has 3 rings (SSSR count). The minimum absolute atomic E-state index is 0.486. The summed E-state index contributed by atoms with van der Waals surface area (Å²) in [6.07, 6.45) is -6.44. The molecule has 5 atom stereocenters. The first-order valence-electron chi connectivity index (χ1n) is 7.07. The van der Waals surface area contributed by atoms with E-state index in [9.17, 15) is 20.4 Å². The monoisotopic (exact) mass is 306 g/mol. The number of ether oxygens (including phenoxy) is 2. The molecule has 1 aliphatic heterocycles. The molecule has 0 unspecified atom stereocenters. The molecule has 0 radical (unpaired) electrons. The Labute approximate surface area is 127 Å². The lowest BCUT2D eigenvalue weighted by atomic mass is 9.99. The molecule has 1 saturated heterocycles. The molecule has 2 aromatic carbocycles. The number of hydrogen-bond acceptors (Lipinski definition) is 6. The molecule has 1 heterocycles. The Morgan fingerprint density at radius 3 is 2.41 bits per heavy atom. The first kappa shape index (κ1) is 15.2. The van der Waals surface area contributed by atoms with Crippen LogP contribution in [-0.4, -0.2) is 57.7 Å². The molecule has 0 saturated carbocycles. The van der Waals surface area contributed by atoms with Crippen LogP contribution in [0, 0.1) is 0 Å². The second-order valence-electron chi connectivity index (χ2n) is 5.29. The minimum Gasteiger partial charge on any atom is -0.461 e. The molecule has 4 N–H and O–H groups in total. The molecule has 6 nitrogen and oxygen atoms in total. The number of aliphatic hydroxyl groups excluding tert-OH is 4. The van der Waals surface area contributed by atoms with Gasteiger partial charge >= 0.3 is 0 Å². The van der Waals surface area contributed by atoms with E-state index in [1.165, 1.54) is 0 Å². The standard InChI is InChI=1S/C16H18O6/c17-8-12-13(18)14(19)15(20)16(22-12)21-11-7-3-5-9-4-1-2-6-10(9)11/h1-7,12-20H,8H2/t12-,13-,14+,15-,16+/m1/s1. The zero-order chi connectivity index (χ0) is 15.7. The second kappa shape index (κ2) is 6.20. The average Bonchev–Trinajstić information content (AvgIpc) is 2.55. The maximum Gasteiger partial charge on any atom is 0.229 e. The molecule has 0 amide bonds. The molecule has 2 aromatic rings. The summed E-state index contributed by atoms with van der Waals surface area (Å²) in [6.45, 7) is -0.486. The number of aliphatic hydroxyl groups is 4. The molecule has 0 bridgehead atoms. The van der Waals surface area contributed by atoms with Gasteiger partial charge in [-0.3, -0.25) is 0 Å². The molecule has 6 heteroatoms. The highest BCUT2D eigenvalue weighted by atomic mass is 16.7. The van der Waals surface area contributed by atoms with Crippen LogP contribution in [0.3, 0.4) is 0 Å². The van der Waals surface area contributed by atoms with Crippen LogP contribution in [0.1, 0.15) is 0 Å². The lowest BCUT2D eigenvalue weighted by Gasteiger charge is -2.39. The molecular formula is C16H18O6. The van der Waals surface area contributed by atoms with Crippen molar-refractivity contribution in [2.75, 3.05) is 6.61 Å². The maximum atomic E-state index is 10.0. The maximum absolute atomic E-state index is 10.0. The normalized spacial score (nSPS) is 32.1. The van der Waals surface area contributed by atoms with E-state index in [1.54, 1.807) is 6.07 Å². The highest BCUT2D eigenvalue weighted by Crippen LogP contribution is 2.29. The first-order valence-corrected chi connectivity index (χ1v) is 7.07. The van der Waals surface area contributed by atoms with Crippen LogP contribution in [0.4, 0.5) is 0 Å². The van der Waals surface area contributed by atoms with Gasteiger partial charge in [0.2, 0.25) is 6.29 Å². The van der Waals surface area contributed by atoms with Crippen LogP contribution in [0.2, 0.25) is 0 Å². The summed E-state index contributed by atoms with van der Waals surface area (Å²) >= 11 is 0. The van der Waals surface area contributed by atoms with Crippen LogP contribution in [0.5, 0.6) is 5.75 Å². The molecule has 0 spiro atoms. The fourth-order valence-electron chi connectivity index (χ4n) is 2.59. The van der Waals surface area contributed by atoms with E-state index < -0.39 is 37.3 Å².